The largest absolute Gasteiger partial charge is 0.309 e. The van der Waals surface area contributed by atoms with E-state index in [9.17, 15) is 4.79 Å². The van der Waals surface area contributed by atoms with Crippen molar-refractivity contribution < 1.29 is 8.98 Å². The first-order valence-electron chi connectivity index (χ1n) is 6.43. The maximum Gasteiger partial charge on any atom is 0.223 e. The van der Waals surface area contributed by atoms with Crippen LogP contribution in [0.15, 0.2) is 35.2 Å². The molecule has 0 aliphatic heterocycles. The number of anilines is 1. The summed E-state index contributed by atoms with van der Waals surface area (Å²) in [5.74, 6) is -0.147. The molecule has 7 heteroatoms. The molecule has 0 atom stereocenters. The van der Waals surface area contributed by atoms with Crippen LogP contribution in [0.5, 0.6) is 0 Å². The summed E-state index contributed by atoms with van der Waals surface area (Å²) in [6.07, 6.45) is 0. The Labute approximate surface area is 132 Å². The van der Waals surface area contributed by atoms with E-state index in [1.165, 1.54) is 30.3 Å². The van der Waals surface area contributed by atoms with Crippen LogP contribution < -0.4 is 5.32 Å². The molecule has 0 aliphatic carbocycles. The number of hydrogen-bond acceptors (Lipinski definition) is 6. The lowest BCUT2D eigenvalue weighted by Gasteiger charge is -2.20. The maximum absolute atomic E-state index is 11.0. The zero-order chi connectivity index (χ0) is 15.3. The molecule has 0 saturated heterocycles. The lowest BCUT2D eigenvalue weighted by atomic mass is 9.96. The van der Waals surface area contributed by atoms with Gasteiger partial charge in [0, 0.05) is 29.3 Å². The van der Waals surface area contributed by atoms with Gasteiger partial charge in [-0.05, 0) is 12.1 Å². The zero-order valence-electron chi connectivity index (χ0n) is 12.1. The molecule has 0 radical (unpaired) electrons. The minimum Gasteiger partial charge on any atom is -0.309 e. The van der Waals surface area contributed by atoms with Crippen molar-refractivity contribution in [3.8, 4) is 0 Å². The van der Waals surface area contributed by atoms with Gasteiger partial charge in [0.05, 0.1) is 6.61 Å². The molecule has 112 valence electrons. The van der Waals surface area contributed by atoms with Crippen LogP contribution in [0.1, 0.15) is 25.8 Å². The van der Waals surface area contributed by atoms with E-state index in [-0.39, 0.29) is 11.3 Å². The first-order valence-corrected chi connectivity index (χ1v) is 7.99. The van der Waals surface area contributed by atoms with Crippen molar-refractivity contribution in [3.63, 3.8) is 0 Å². The van der Waals surface area contributed by atoms with Gasteiger partial charge in [-0.25, -0.2) is 0 Å². The second-order valence-electron chi connectivity index (χ2n) is 5.14. The Hall–Kier alpha value is -1.44. The molecule has 0 fully saturated rings. The van der Waals surface area contributed by atoms with Gasteiger partial charge in [-0.1, -0.05) is 43.4 Å². The summed E-state index contributed by atoms with van der Waals surface area (Å²) in [7, 11) is 0. The summed E-state index contributed by atoms with van der Waals surface area (Å²) in [5, 5.41) is 12.1. The number of nitrogens with one attached hydrogen (secondary N) is 1. The molecule has 0 spiro atoms. The van der Waals surface area contributed by atoms with Gasteiger partial charge in [0.1, 0.15) is 5.01 Å². The summed E-state index contributed by atoms with van der Waals surface area (Å²) in [6.45, 7) is 6.03. The third-order valence-corrected chi connectivity index (χ3v) is 4.51. The van der Waals surface area contributed by atoms with Crippen molar-refractivity contribution in [2.75, 3.05) is 11.9 Å². The van der Waals surface area contributed by atoms with Crippen LogP contribution >= 0.6 is 23.4 Å². The summed E-state index contributed by atoms with van der Waals surface area (Å²) in [4.78, 5) is 12.1. The quantitative estimate of drug-likeness (QED) is 0.824. The zero-order valence-corrected chi connectivity index (χ0v) is 13.8. The molecule has 0 bridgehead atoms. The molecule has 1 N–H and O–H groups in total. The highest BCUT2D eigenvalue weighted by Gasteiger charge is 2.26. The molecule has 1 heterocycles. The summed E-state index contributed by atoms with van der Waals surface area (Å²) in [6, 6.07) is 9.91. The molecule has 1 amide bonds. The second-order valence-corrected chi connectivity index (χ2v) is 6.99. The van der Waals surface area contributed by atoms with E-state index < -0.39 is 0 Å². The number of nitrogens with zero attached hydrogens (tertiary/aromatic N) is 2. The number of rotatable bonds is 6. The highest BCUT2D eigenvalue weighted by atomic mass is 32.2. The highest BCUT2D eigenvalue weighted by molar-refractivity contribution is 7.94. The Kier molecular flexibility index (Phi) is 5.33. The Morgan fingerprint density at radius 3 is 2.71 bits per heavy atom. The topological polar surface area (TPSA) is 64.1 Å². The number of amides is 1. The van der Waals surface area contributed by atoms with E-state index in [0.29, 0.717) is 11.7 Å². The van der Waals surface area contributed by atoms with Crippen LogP contribution in [0.2, 0.25) is 0 Å². The van der Waals surface area contributed by atoms with Gasteiger partial charge in [-0.2, -0.15) is 0 Å². The van der Waals surface area contributed by atoms with E-state index in [1.54, 1.807) is 0 Å². The molecule has 2 rings (SSSR count). The third kappa shape index (κ3) is 4.80. The second kappa shape index (κ2) is 7.02. The predicted molar refractivity (Wildman–Crippen MR) is 85.5 cm³/mol. The minimum absolute atomic E-state index is 0.147. The van der Waals surface area contributed by atoms with Crippen molar-refractivity contribution in [1.29, 1.82) is 0 Å². The first-order chi connectivity index (χ1) is 9.97. The van der Waals surface area contributed by atoms with Crippen molar-refractivity contribution in [1.82, 2.24) is 10.2 Å². The van der Waals surface area contributed by atoms with Gasteiger partial charge in [0.25, 0.3) is 0 Å². The Balaban J connectivity index is 1.91. The van der Waals surface area contributed by atoms with Crippen LogP contribution in [0.4, 0.5) is 5.13 Å². The molecule has 1 aromatic carbocycles. The molecule has 5 nitrogen and oxygen atoms in total. The number of carbonyl (C=O) groups excluding carboxylic acids is 1. The molecule has 0 unspecified atom stereocenters. The Morgan fingerprint density at radius 1 is 1.33 bits per heavy atom. The molecule has 1 aromatic heterocycles. The average Bonchev–Trinajstić information content (AvgIpc) is 2.88. The minimum atomic E-state index is -0.268. The fourth-order valence-electron chi connectivity index (χ4n) is 1.48. The standard InChI is InChI=1S/C14H17N3O2S2/c1-10(18)15-13-17-16-12(20-13)14(2,3)9-19-21-11-7-5-4-6-8-11/h4-8H,9H2,1-3H3,(H,15,17,18). The van der Waals surface area contributed by atoms with E-state index in [4.69, 9.17) is 4.18 Å². The van der Waals surface area contributed by atoms with Crippen LogP contribution in [-0.2, 0) is 14.4 Å². The van der Waals surface area contributed by atoms with Gasteiger partial charge in [0.15, 0.2) is 0 Å². The highest BCUT2D eigenvalue weighted by Crippen LogP contribution is 2.31. The van der Waals surface area contributed by atoms with Crippen molar-refractivity contribution in [2.24, 2.45) is 0 Å². The Morgan fingerprint density at radius 2 is 2.05 bits per heavy atom. The smallest absolute Gasteiger partial charge is 0.223 e. The van der Waals surface area contributed by atoms with Crippen LogP contribution in [0, 0.1) is 0 Å². The predicted octanol–water partition coefficient (Wildman–Crippen LogP) is 3.50. The van der Waals surface area contributed by atoms with Crippen LogP contribution in [-0.4, -0.2) is 22.7 Å². The van der Waals surface area contributed by atoms with Gasteiger partial charge >= 0.3 is 0 Å². The van der Waals surface area contributed by atoms with Crippen molar-refractivity contribution >= 4 is 34.4 Å². The van der Waals surface area contributed by atoms with Gasteiger partial charge in [-0.3, -0.25) is 4.79 Å². The van der Waals surface area contributed by atoms with E-state index in [0.717, 1.165) is 9.90 Å². The van der Waals surface area contributed by atoms with Crippen molar-refractivity contribution in [2.45, 2.75) is 31.1 Å². The molecule has 21 heavy (non-hydrogen) atoms. The Bertz CT molecular complexity index is 599. The molecule has 0 aliphatic rings. The number of aromatic nitrogens is 2. The van der Waals surface area contributed by atoms with Gasteiger partial charge in [0.2, 0.25) is 11.0 Å². The lowest BCUT2D eigenvalue weighted by Crippen LogP contribution is -2.22. The van der Waals surface area contributed by atoms with E-state index in [2.05, 4.69) is 15.5 Å². The monoisotopic (exact) mass is 323 g/mol. The molecule has 0 saturated carbocycles. The SMILES string of the molecule is CC(=O)Nc1nnc(C(C)(C)COSc2ccccc2)s1. The molecular weight excluding hydrogens is 306 g/mol. The molecular formula is C14H17N3O2S2. The number of benzene rings is 1. The fraction of sp³-hybridized carbons (Fsp3) is 0.357. The number of hydrogen-bond donors (Lipinski definition) is 1. The molecule has 2 aromatic rings. The average molecular weight is 323 g/mol. The number of carbonyl (C=O) groups is 1. The summed E-state index contributed by atoms with van der Waals surface area (Å²) >= 11 is 2.72. The van der Waals surface area contributed by atoms with Crippen LogP contribution in [0.25, 0.3) is 0 Å². The first kappa shape index (κ1) is 15.9. The van der Waals surface area contributed by atoms with E-state index >= 15 is 0 Å². The van der Waals surface area contributed by atoms with E-state index in [1.807, 2.05) is 44.2 Å². The van der Waals surface area contributed by atoms with Crippen LogP contribution in [0.3, 0.4) is 0 Å². The normalized spacial score (nSPS) is 11.4. The van der Waals surface area contributed by atoms with Gasteiger partial charge < -0.3 is 9.50 Å². The lowest BCUT2D eigenvalue weighted by molar-refractivity contribution is -0.114. The fourth-order valence-corrected chi connectivity index (χ4v) is 3.11. The van der Waals surface area contributed by atoms with Crippen molar-refractivity contribution in [3.05, 3.63) is 35.3 Å². The maximum atomic E-state index is 11.0. The third-order valence-electron chi connectivity index (χ3n) is 2.61. The summed E-state index contributed by atoms with van der Waals surface area (Å²) < 4.78 is 5.70. The summed E-state index contributed by atoms with van der Waals surface area (Å²) in [5.41, 5.74) is -0.268. The van der Waals surface area contributed by atoms with Gasteiger partial charge in [-0.15, -0.1) is 10.2 Å².